The quantitative estimate of drug-likeness (QED) is 0.150. The van der Waals surface area contributed by atoms with E-state index < -0.39 is 0 Å². The van der Waals surface area contributed by atoms with Crippen LogP contribution in [0.15, 0.2) is 213 Å². The average molecular weight is 855 g/mol. The number of aromatic nitrogens is 4. The Bertz CT molecular complexity index is 3550. The number of rotatable bonds is 7. The van der Waals surface area contributed by atoms with Gasteiger partial charge in [0, 0.05) is 58.0 Å². The first-order valence-corrected chi connectivity index (χ1v) is 22.8. The number of ether oxygens (including phenoxy) is 1. The summed E-state index contributed by atoms with van der Waals surface area (Å²) in [4.78, 5) is 7.37. The number of para-hydroxylation sites is 4. The third kappa shape index (κ3) is 6.72. The second kappa shape index (κ2) is 15.8. The molecule has 1 aliphatic heterocycles. The summed E-state index contributed by atoms with van der Waals surface area (Å²) in [6.45, 7) is 7.54. The van der Waals surface area contributed by atoms with E-state index in [1.54, 1.807) is 0 Å². The van der Waals surface area contributed by atoms with Crippen LogP contribution in [0.2, 0.25) is 0 Å². The van der Waals surface area contributed by atoms with Gasteiger partial charge in [0.15, 0.2) is 16.7 Å². The second-order valence-electron chi connectivity index (χ2n) is 18.2. The van der Waals surface area contributed by atoms with Gasteiger partial charge in [0.2, 0.25) is 0 Å². The summed E-state index contributed by atoms with van der Waals surface area (Å²) in [6.07, 6.45) is 5.08. The van der Waals surface area contributed by atoms with Crippen molar-refractivity contribution < 1.29 is 9.30 Å². The topological polar surface area (TPSA) is 39.1 Å². The van der Waals surface area contributed by atoms with E-state index in [1.807, 2.05) is 6.20 Å². The predicted octanol–water partition coefficient (Wildman–Crippen LogP) is 14.5. The summed E-state index contributed by atoms with van der Waals surface area (Å²) in [5.41, 5.74) is 16.0. The van der Waals surface area contributed by atoms with Crippen molar-refractivity contribution in [1.82, 2.24) is 14.1 Å². The van der Waals surface area contributed by atoms with E-state index >= 15 is 0 Å². The van der Waals surface area contributed by atoms with Crippen molar-refractivity contribution >= 4 is 44.2 Å². The zero-order valence-corrected chi connectivity index (χ0v) is 37.3. The highest BCUT2D eigenvalue weighted by molar-refractivity contribution is 6.09. The molecule has 0 bridgehead atoms. The van der Waals surface area contributed by atoms with Crippen molar-refractivity contribution in [2.45, 2.75) is 32.6 Å². The molecule has 3 aromatic heterocycles. The summed E-state index contributed by atoms with van der Waals surface area (Å²) in [6, 6.07) is 71.6. The van der Waals surface area contributed by atoms with Crippen molar-refractivity contribution in [2.24, 2.45) is 0 Å². The smallest absolute Gasteiger partial charge is 0.255 e. The Hall–Kier alpha value is -8.22. The molecule has 6 heteroatoms. The monoisotopic (exact) mass is 854 g/mol. The Morgan fingerprint density at radius 3 is 1.95 bits per heavy atom. The van der Waals surface area contributed by atoms with Crippen LogP contribution >= 0.6 is 0 Å². The Morgan fingerprint density at radius 2 is 1.21 bits per heavy atom. The van der Waals surface area contributed by atoms with Gasteiger partial charge >= 0.3 is 0 Å². The lowest BCUT2D eigenvalue weighted by Gasteiger charge is -2.28. The van der Waals surface area contributed by atoms with Crippen LogP contribution in [-0.2, 0) is 11.8 Å². The molecule has 0 aliphatic carbocycles. The normalized spacial score (nSPS) is 12.6. The summed E-state index contributed by atoms with van der Waals surface area (Å²) in [7, 11) is 0. The Morgan fingerprint density at radius 1 is 0.561 bits per heavy atom. The molecule has 66 heavy (non-hydrogen) atoms. The summed E-state index contributed by atoms with van der Waals surface area (Å²) in [5, 5.41) is 2.33. The molecule has 0 spiro atoms. The molecule has 0 amide bonds. The maximum absolute atomic E-state index is 6.99. The van der Waals surface area contributed by atoms with E-state index in [9.17, 15) is 0 Å². The number of pyridine rings is 1. The van der Waals surface area contributed by atoms with Gasteiger partial charge < -0.3 is 9.64 Å². The minimum Gasteiger partial charge on any atom is -0.457 e. The molecule has 0 radical (unpaired) electrons. The fourth-order valence-corrected chi connectivity index (χ4v) is 9.97. The fraction of sp³-hybridized carbons (Fsp3) is 0.100. The van der Waals surface area contributed by atoms with E-state index in [-0.39, 0.29) is 5.41 Å². The SMILES string of the molecule is CC(C)(C)c1ccnc(-n2c3ccccc3c3ccc(Oc4ccc5c(c4)-n4c[n+](-c6c(-c7ccccc7)cccc6-c6ccccc6)c6cccc(c64)CCN5c4ccccc4)cc32)c1. The van der Waals surface area contributed by atoms with Gasteiger partial charge in [0.1, 0.15) is 23.0 Å². The van der Waals surface area contributed by atoms with Crippen molar-refractivity contribution in [3.8, 4) is 50.9 Å². The summed E-state index contributed by atoms with van der Waals surface area (Å²) in [5.74, 6) is 2.39. The van der Waals surface area contributed by atoms with Crippen LogP contribution in [0.3, 0.4) is 0 Å². The van der Waals surface area contributed by atoms with Crippen LogP contribution in [0.1, 0.15) is 31.9 Å². The first-order valence-electron chi connectivity index (χ1n) is 22.8. The van der Waals surface area contributed by atoms with Crippen LogP contribution in [0.4, 0.5) is 11.4 Å². The number of anilines is 2. The molecule has 6 nitrogen and oxygen atoms in total. The Kier molecular flexibility index (Phi) is 9.42. The number of hydrogen-bond donors (Lipinski definition) is 0. The van der Waals surface area contributed by atoms with E-state index in [2.05, 4.69) is 246 Å². The average Bonchev–Trinajstić information content (AvgIpc) is 3.90. The molecule has 12 rings (SSSR count). The molecule has 0 fully saturated rings. The van der Waals surface area contributed by atoms with Gasteiger partial charge in [0.25, 0.3) is 6.33 Å². The minimum atomic E-state index is -0.0221. The maximum atomic E-state index is 6.99. The number of fused-ring (bicyclic) bond motifs is 5. The van der Waals surface area contributed by atoms with Crippen molar-refractivity contribution in [1.29, 1.82) is 0 Å². The van der Waals surface area contributed by atoms with Gasteiger partial charge in [-0.25, -0.2) is 4.98 Å². The molecular formula is C60H48N5O+. The number of benzene rings is 8. The van der Waals surface area contributed by atoms with E-state index in [4.69, 9.17) is 9.72 Å². The molecule has 1 aliphatic rings. The standard InChI is InChI=1S/C60H48N5O/c1-60(2,3)44-33-35-61-57(37-44)65-52-27-14-13-24-50(52)51-31-29-46(38-55(51)65)66-47-30-32-53-56(39-47)64-40-63(54-28-15-21-43(58(54)64)34-36-62(53)45-22-11-6-12-23-45)59-48(41-17-7-4-8-18-41)25-16-26-49(59)42-19-9-5-10-20-42/h4-33,35,37-40H,34,36H2,1-3H3/q+1. The highest BCUT2D eigenvalue weighted by atomic mass is 16.5. The molecule has 0 N–H and O–H groups in total. The summed E-state index contributed by atoms with van der Waals surface area (Å²) < 4.78 is 14.1. The van der Waals surface area contributed by atoms with Gasteiger partial charge in [-0.05, 0) is 89.2 Å². The molecule has 8 aromatic carbocycles. The zero-order valence-electron chi connectivity index (χ0n) is 37.3. The predicted molar refractivity (Wildman–Crippen MR) is 270 cm³/mol. The molecule has 4 heterocycles. The van der Waals surface area contributed by atoms with Gasteiger partial charge in [-0.15, -0.1) is 0 Å². The lowest BCUT2D eigenvalue weighted by molar-refractivity contribution is -0.566. The zero-order chi connectivity index (χ0) is 44.4. The summed E-state index contributed by atoms with van der Waals surface area (Å²) >= 11 is 0. The highest BCUT2D eigenvalue weighted by Gasteiger charge is 2.31. The molecule has 0 atom stereocenters. The highest BCUT2D eigenvalue weighted by Crippen LogP contribution is 2.42. The second-order valence-corrected chi connectivity index (χ2v) is 18.2. The molecule has 0 saturated heterocycles. The van der Waals surface area contributed by atoms with Crippen LogP contribution in [-0.4, -0.2) is 20.7 Å². The third-order valence-electron chi connectivity index (χ3n) is 13.2. The largest absolute Gasteiger partial charge is 0.457 e. The molecule has 0 unspecified atom stereocenters. The van der Waals surface area contributed by atoms with E-state index in [1.165, 1.54) is 33.2 Å². The first kappa shape index (κ1) is 39.4. The van der Waals surface area contributed by atoms with Crippen LogP contribution in [0, 0.1) is 0 Å². The minimum absolute atomic E-state index is 0.0221. The van der Waals surface area contributed by atoms with Crippen LogP contribution < -0.4 is 14.2 Å². The lowest BCUT2D eigenvalue weighted by Crippen LogP contribution is -2.31. The van der Waals surface area contributed by atoms with Gasteiger partial charge in [-0.3, -0.25) is 4.57 Å². The maximum Gasteiger partial charge on any atom is 0.255 e. The fourth-order valence-electron chi connectivity index (χ4n) is 9.97. The van der Waals surface area contributed by atoms with Crippen molar-refractivity contribution in [3.63, 3.8) is 0 Å². The number of imidazole rings is 1. The van der Waals surface area contributed by atoms with E-state index in [0.717, 1.165) is 86.1 Å². The molecule has 11 aromatic rings. The lowest BCUT2D eigenvalue weighted by atomic mass is 9.88. The van der Waals surface area contributed by atoms with E-state index in [0.29, 0.717) is 0 Å². The molecule has 0 saturated carbocycles. The Balaban J connectivity index is 1.06. The van der Waals surface area contributed by atoms with Crippen LogP contribution in [0.25, 0.3) is 72.3 Å². The van der Waals surface area contributed by atoms with Crippen LogP contribution in [0.5, 0.6) is 11.5 Å². The van der Waals surface area contributed by atoms with Gasteiger partial charge in [0.05, 0.1) is 16.7 Å². The Labute approximate surface area is 384 Å². The van der Waals surface area contributed by atoms with Gasteiger partial charge in [-0.2, -0.15) is 9.13 Å². The number of nitrogens with zero attached hydrogens (tertiary/aromatic N) is 5. The number of hydrogen-bond acceptors (Lipinski definition) is 3. The van der Waals surface area contributed by atoms with Gasteiger partial charge in [-0.1, -0.05) is 148 Å². The van der Waals surface area contributed by atoms with Crippen molar-refractivity contribution in [3.05, 3.63) is 224 Å². The third-order valence-corrected chi connectivity index (χ3v) is 13.2. The van der Waals surface area contributed by atoms with Crippen molar-refractivity contribution in [2.75, 3.05) is 11.4 Å². The first-order chi connectivity index (χ1) is 32.4. The molecular weight excluding hydrogens is 807 g/mol. The molecule has 318 valence electrons.